The third kappa shape index (κ3) is 6.48. The fraction of sp³-hybridized carbons (Fsp3) is 0.667. The molecule has 0 saturated carbocycles. The molecule has 23 heavy (non-hydrogen) atoms. The highest BCUT2D eigenvalue weighted by Crippen LogP contribution is 2.19. The summed E-state index contributed by atoms with van der Waals surface area (Å²) in [5, 5.41) is 8.37. The van der Waals surface area contributed by atoms with E-state index >= 15 is 0 Å². The average Bonchev–Trinajstić information content (AvgIpc) is 3.05. The third-order valence-corrected chi connectivity index (χ3v) is 6.71. The van der Waals surface area contributed by atoms with Crippen LogP contribution in [0.25, 0.3) is 0 Å². The fourth-order valence-corrected chi connectivity index (χ4v) is 4.38. The zero-order chi connectivity index (χ0) is 17.3. The lowest BCUT2D eigenvalue weighted by Gasteiger charge is -2.19. The van der Waals surface area contributed by atoms with Gasteiger partial charge in [0.25, 0.3) is 0 Å². The van der Waals surface area contributed by atoms with Crippen LogP contribution in [0.3, 0.4) is 0 Å². The third-order valence-electron chi connectivity index (χ3n) is 3.58. The number of guanidine groups is 1. The van der Waals surface area contributed by atoms with Gasteiger partial charge in [0.1, 0.15) is 0 Å². The molecular formula is C15H28N4O2S2. The predicted molar refractivity (Wildman–Crippen MR) is 98.8 cm³/mol. The Hall–Kier alpha value is -1.12. The maximum Gasteiger partial charge on any atom is 0.215 e. The number of hydrogen-bond donors (Lipinski definition) is 2. The van der Waals surface area contributed by atoms with Gasteiger partial charge in [0.2, 0.25) is 10.0 Å². The van der Waals surface area contributed by atoms with Crippen LogP contribution in [0, 0.1) is 0 Å². The van der Waals surface area contributed by atoms with Crippen LogP contribution in [0.5, 0.6) is 0 Å². The molecule has 1 aromatic heterocycles. The van der Waals surface area contributed by atoms with Crippen LogP contribution in [-0.2, 0) is 10.0 Å². The van der Waals surface area contributed by atoms with Crippen molar-refractivity contribution >= 4 is 27.3 Å². The standard InChI is InChI=1S/C15H28N4O2S2/c1-5-19(6-2)23(20,21)11-9-17-15(16-4)18-12-13(3)14-8-7-10-22-14/h7-8,10,13H,5-6,9,11-12H2,1-4H3,(H2,16,17,18). The Morgan fingerprint density at radius 2 is 2.04 bits per heavy atom. The van der Waals surface area contributed by atoms with Crippen LogP contribution in [-0.4, -0.2) is 57.7 Å². The summed E-state index contributed by atoms with van der Waals surface area (Å²) in [6, 6.07) is 4.16. The van der Waals surface area contributed by atoms with Gasteiger partial charge in [-0.25, -0.2) is 12.7 Å². The van der Waals surface area contributed by atoms with E-state index in [1.807, 2.05) is 19.9 Å². The van der Waals surface area contributed by atoms with Crippen molar-refractivity contribution in [2.45, 2.75) is 26.7 Å². The normalized spacial score (nSPS) is 14.0. The fourth-order valence-electron chi connectivity index (χ4n) is 2.19. The molecule has 0 aromatic carbocycles. The van der Waals surface area contributed by atoms with Crippen molar-refractivity contribution in [3.8, 4) is 0 Å². The first-order valence-corrected chi connectivity index (χ1v) is 10.4. The maximum absolute atomic E-state index is 12.1. The molecule has 0 saturated heterocycles. The van der Waals surface area contributed by atoms with Crippen molar-refractivity contribution in [1.82, 2.24) is 14.9 Å². The minimum Gasteiger partial charge on any atom is -0.356 e. The topological polar surface area (TPSA) is 73.8 Å². The Labute approximate surface area is 144 Å². The summed E-state index contributed by atoms with van der Waals surface area (Å²) in [4.78, 5) is 5.45. The molecule has 0 aliphatic rings. The van der Waals surface area contributed by atoms with E-state index < -0.39 is 10.0 Å². The highest BCUT2D eigenvalue weighted by atomic mass is 32.2. The summed E-state index contributed by atoms with van der Waals surface area (Å²) < 4.78 is 25.7. The van der Waals surface area contributed by atoms with E-state index in [4.69, 9.17) is 0 Å². The smallest absolute Gasteiger partial charge is 0.215 e. The summed E-state index contributed by atoms with van der Waals surface area (Å²) in [7, 11) is -1.52. The van der Waals surface area contributed by atoms with Crippen molar-refractivity contribution < 1.29 is 8.42 Å². The van der Waals surface area contributed by atoms with Gasteiger partial charge in [0.05, 0.1) is 5.75 Å². The van der Waals surface area contributed by atoms with Crippen LogP contribution >= 0.6 is 11.3 Å². The Balaban J connectivity index is 2.40. The van der Waals surface area contributed by atoms with Crippen molar-refractivity contribution in [1.29, 1.82) is 0 Å². The number of thiophene rings is 1. The molecule has 1 rings (SSSR count). The Morgan fingerprint density at radius 3 is 2.57 bits per heavy atom. The van der Waals surface area contributed by atoms with E-state index in [-0.39, 0.29) is 5.75 Å². The van der Waals surface area contributed by atoms with E-state index in [2.05, 4.69) is 34.0 Å². The Kier molecular flexibility index (Phi) is 8.57. The number of hydrogen-bond acceptors (Lipinski definition) is 4. The molecule has 1 heterocycles. The predicted octanol–water partition coefficient (Wildman–Crippen LogP) is 1.69. The largest absolute Gasteiger partial charge is 0.356 e. The van der Waals surface area contributed by atoms with Crippen LogP contribution in [0.1, 0.15) is 31.6 Å². The summed E-state index contributed by atoms with van der Waals surface area (Å²) in [5.41, 5.74) is 0. The van der Waals surface area contributed by atoms with Gasteiger partial charge in [-0.2, -0.15) is 0 Å². The number of aliphatic imine (C=N–C) groups is 1. The molecular weight excluding hydrogens is 332 g/mol. The van der Waals surface area contributed by atoms with E-state index in [1.54, 1.807) is 18.4 Å². The maximum atomic E-state index is 12.1. The van der Waals surface area contributed by atoms with Gasteiger partial charge in [-0.1, -0.05) is 26.8 Å². The lowest BCUT2D eigenvalue weighted by Crippen LogP contribution is -2.43. The monoisotopic (exact) mass is 360 g/mol. The molecule has 0 bridgehead atoms. The zero-order valence-corrected chi connectivity index (χ0v) is 16.0. The van der Waals surface area contributed by atoms with Crippen molar-refractivity contribution in [3.05, 3.63) is 22.4 Å². The van der Waals surface area contributed by atoms with Crippen LogP contribution in [0.15, 0.2) is 22.5 Å². The van der Waals surface area contributed by atoms with Crippen LogP contribution in [0.2, 0.25) is 0 Å². The lowest BCUT2D eigenvalue weighted by atomic mass is 10.1. The summed E-state index contributed by atoms with van der Waals surface area (Å²) in [5.74, 6) is 1.08. The minimum absolute atomic E-state index is 0.0653. The summed E-state index contributed by atoms with van der Waals surface area (Å²) in [6.45, 7) is 7.95. The molecule has 132 valence electrons. The molecule has 0 aliphatic carbocycles. The first-order chi connectivity index (χ1) is 10.9. The molecule has 8 heteroatoms. The molecule has 0 fully saturated rings. The van der Waals surface area contributed by atoms with E-state index in [1.165, 1.54) is 9.18 Å². The first kappa shape index (κ1) is 19.9. The van der Waals surface area contributed by atoms with Crippen molar-refractivity contribution in [2.75, 3.05) is 39.0 Å². The van der Waals surface area contributed by atoms with E-state index in [0.29, 0.717) is 31.5 Å². The van der Waals surface area contributed by atoms with E-state index in [9.17, 15) is 8.42 Å². The molecule has 0 spiro atoms. The van der Waals surface area contributed by atoms with Crippen molar-refractivity contribution in [2.24, 2.45) is 4.99 Å². The van der Waals surface area contributed by atoms with E-state index in [0.717, 1.165) is 6.54 Å². The molecule has 0 aliphatic heterocycles. The Bertz CT molecular complexity index is 566. The van der Waals surface area contributed by atoms with Gasteiger partial charge >= 0.3 is 0 Å². The van der Waals surface area contributed by atoms with Gasteiger partial charge in [0.15, 0.2) is 5.96 Å². The molecule has 1 aromatic rings. The molecule has 1 unspecified atom stereocenters. The average molecular weight is 361 g/mol. The lowest BCUT2D eigenvalue weighted by molar-refractivity contribution is 0.445. The number of rotatable bonds is 9. The first-order valence-electron chi connectivity index (χ1n) is 7.90. The minimum atomic E-state index is -3.20. The second-order valence-corrected chi connectivity index (χ2v) is 8.26. The number of nitrogens with zero attached hydrogens (tertiary/aromatic N) is 2. The summed E-state index contributed by atoms with van der Waals surface area (Å²) in [6.07, 6.45) is 0. The molecule has 6 nitrogen and oxygen atoms in total. The highest BCUT2D eigenvalue weighted by Gasteiger charge is 2.18. The van der Waals surface area contributed by atoms with Gasteiger partial charge in [-0.15, -0.1) is 11.3 Å². The molecule has 2 N–H and O–H groups in total. The van der Waals surface area contributed by atoms with Gasteiger partial charge in [0, 0.05) is 44.0 Å². The second-order valence-electron chi connectivity index (χ2n) is 5.20. The molecule has 0 amide bonds. The number of sulfonamides is 1. The quantitative estimate of drug-likeness (QED) is 0.519. The van der Waals surface area contributed by atoms with Crippen LogP contribution < -0.4 is 10.6 Å². The molecule has 1 atom stereocenters. The van der Waals surface area contributed by atoms with Crippen molar-refractivity contribution in [3.63, 3.8) is 0 Å². The summed E-state index contributed by atoms with van der Waals surface area (Å²) >= 11 is 1.73. The molecule has 0 radical (unpaired) electrons. The van der Waals surface area contributed by atoms with Crippen LogP contribution in [0.4, 0.5) is 0 Å². The number of nitrogens with one attached hydrogen (secondary N) is 2. The van der Waals surface area contributed by atoms with Gasteiger partial charge in [-0.05, 0) is 11.4 Å². The highest BCUT2D eigenvalue weighted by molar-refractivity contribution is 7.89. The van der Waals surface area contributed by atoms with Gasteiger partial charge < -0.3 is 10.6 Å². The second kappa shape index (κ2) is 9.89. The zero-order valence-electron chi connectivity index (χ0n) is 14.4. The Morgan fingerprint density at radius 1 is 1.35 bits per heavy atom. The SMILES string of the molecule is CCN(CC)S(=O)(=O)CCNC(=NC)NCC(C)c1cccs1. The van der Waals surface area contributed by atoms with Gasteiger partial charge in [-0.3, -0.25) is 4.99 Å².